The fourth-order valence-corrected chi connectivity index (χ4v) is 4.68. The Labute approximate surface area is 170 Å². The minimum absolute atomic E-state index is 0. The lowest BCUT2D eigenvalue weighted by Crippen LogP contribution is -2.49. The number of aromatic nitrogens is 2. The second-order valence-corrected chi connectivity index (χ2v) is 8.75. The highest BCUT2D eigenvalue weighted by atomic mass is 35.5. The van der Waals surface area contributed by atoms with Crippen LogP contribution in [0.5, 0.6) is 0 Å². The maximum absolute atomic E-state index is 13.2. The van der Waals surface area contributed by atoms with Gasteiger partial charge in [-0.1, -0.05) is 6.07 Å². The van der Waals surface area contributed by atoms with E-state index in [1.54, 1.807) is 23.2 Å². The quantitative estimate of drug-likeness (QED) is 0.747. The van der Waals surface area contributed by atoms with Crippen molar-refractivity contribution in [3.8, 4) is 0 Å². The number of rotatable bonds is 5. The van der Waals surface area contributed by atoms with Crippen LogP contribution in [0.1, 0.15) is 35.1 Å². The molecule has 1 saturated carbocycles. The van der Waals surface area contributed by atoms with Gasteiger partial charge in [0.05, 0.1) is 4.90 Å². The summed E-state index contributed by atoms with van der Waals surface area (Å²) in [6.45, 7) is 1.83. The summed E-state index contributed by atoms with van der Waals surface area (Å²) in [4.78, 5) is 19.5. The summed E-state index contributed by atoms with van der Waals surface area (Å²) in [6.07, 6.45) is 5.29. The van der Waals surface area contributed by atoms with Crippen LogP contribution >= 0.6 is 12.4 Å². The molecule has 1 aromatic carbocycles. The molecule has 1 amide bonds. The number of sulfonamides is 1. The molecule has 0 radical (unpaired) electrons. The first-order chi connectivity index (χ1) is 13.0. The number of piperazine rings is 1. The summed E-state index contributed by atoms with van der Waals surface area (Å²) in [7, 11) is -1.70. The minimum atomic E-state index is -3.60. The Hall–Kier alpha value is -1.94. The molecule has 28 heavy (non-hydrogen) atoms. The first-order valence-electron chi connectivity index (χ1n) is 9.07. The normalized spacial score (nSPS) is 19.9. The van der Waals surface area contributed by atoms with Crippen molar-refractivity contribution in [2.75, 3.05) is 19.6 Å². The largest absolute Gasteiger partial charge is 0.336 e. The maximum atomic E-state index is 13.2. The van der Waals surface area contributed by atoms with E-state index in [1.165, 1.54) is 12.1 Å². The van der Waals surface area contributed by atoms with Crippen molar-refractivity contribution in [2.24, 2.45) is 7.05 Å². The maximum Gasteiger partial charge on any atom is 0.254 e. The number of carbonyl (C=O) groups is 1. The molecule has 2 aromatic rings. The molecule has 1 unspecified atom stereocenters. The third-order valence-corrected chi connectivity index (χ3v) is 6.47. The standard InChI is InChI=1S/C18H23N5O3S.ClH/c1-22-9-8-20-17(22)16-12-19-7-10-23(16)18(24)13-3-2-4-15(11-13)27(25,26)21-14-5-6-14;/h2-4,8-9,11,14,16,19,21H,5-7,10,12H2,1H3;1H. The third kappa shape index (κ3) is 4.22. The lowest BCUT2D eigenvalue weighted by atomic mass is 10.1. The van der Waals surface area contributed by atoms with Crippen LogP contribution < -0.4 is 10.0 Å². The van der Waals surface area contributed by atoms with Gasteiger partial charge in [0.15, 0.2) is 0 Å². The number of hydrogen-bond donors (Lipinski definition) is 2. The van der Waals surface area contributed by atoms with E-state index in [9.17, 15) is 13.2 Å². The summed E-state index contributed by atoms with van der Waals surface area (Å²) in [5.74, 6) is 0.614. The Bertz CT molecular complexity index is 958. The Morgan fingerprint density at radius 3 is 2.79 bits per heavy atom. The highest BCUT2D eigenvalue weighted by molar-refractivity contribution is 7.89. The fourth-order valence-electron chi connectivity index (χ4n) is 3.33. The molecular weight excluding hydrogens is 402 g/mol. The molecular formula is C18H24ClN5O3S. The van der Waals surface area contributed by atoms with Crippen LogP contribution in [0.4, 0.5) is 0 Å². The van der Waals surface area contributed by atoms with Crippen molar-refractivity contribution >= 4 is 28.3 Å². The number of nitrogens with one attached hydrogen (secondary N) is 2. The minimum Gasteiger partial charge on any atom is -0.336 e. The van der Waals surface area contributed by atoms with Crippen molar-refractivity contribution in [1.29, 1.82) is 0 Å². The number of amides is 1. The van der Waals surface area contributed by atoms with Gasteiger partial charge >= 0.3 is 0 Å². The molecule has 0 bridgehead atoms. The van der Waals surface area contributed by atoms with Crippen molar-refractivity contribution in [3.05, 3.63) is 48.0 Å². The number of carbonyl (C=O) groups excluding carboxylic acids is 1. The number of benzene rings is 1. The number of nitrogens with zero attached hydrogens (tertiary/aromatic N) is 3. The van der Waals surface area contributed by atoms with Gasteiger partial charge in [-0.05, 0) is 31.0 Å². The smallest absolute Gasteiger partial charge is 0.254 e. The third-order valence-electron chi connectivity index (χ3n) is 4.95. The molecule has 2 N–H and O–H groups in total. The van der Waals surface area contributed by atoms with Gasteiger partial charge in [-0.15, -0.1) is 12.4 Å². The molecule has 2 heterocycles. The lowest BCUT2D eigenvalue weighted by Gasteiger charge is -2.35. The molecule has 4 rings (SSSR count). The molecule has 2 fully saturated rings. The van der Waals surface area contributed by atoms with Gasteiger partial charge in [0.2, 0.25) is 10.0 Å². The molecule has 1 aliphatic carbocycles. The van der Waals surface area contributed by atoms with E-state index in [0.29, 0.717) is 25.2 Å². The van der Waals surface area contributed by atoms with Gasteiger partial charge in [-0.25, -0.2) is 18.1 Å². The number of aryl methyl sites for hydroxylation is 1. The summed E-state index contributed by atoms with van der Waals surface area (Å²) in [5, 5.41) is 3.30. The van der Waals surface area contributed by atoms with Crippen molar-refractivity contribution in [3.63, 3.8) is 0 Å². The molecule has 1 aromatic heterocycles. The average molecular weight is 426 g/mol. The second-order valence-electron chi connectivity index (χ2n) is 7.04. The first kappa shape index (κ1) is 20.8. The number of imidazole rings is 1. The molecule has 10 heteroatoms. The molecule has 1 atom stereocenters. The molecule has 1 aliphatic heterocycles. The molecule has 2 aliphatic rings. The van der Waals surface area contributed by atoms with Crippen LogP contribution in [-0.4, -0.2) is 54.5 Å². The van der Waals surface area contributed by atoms with Crippen LogP contribution in [-0.2, 0) is 17.1 Å². The van der Waals surface area contributed by atoms with Gasteiger partial charge in [0.1, 0.15) is 11.9 Å². The van der Waals surface area contributed by atoms with Gasteiger partial charge in [-0.2, -0.15) is 0 Å². The SMILES string of the molecule is Cl.Cn1ccnc1C1CNCCN1C(=O)c1cccc(S(=O)(=O)NC2CC2)c1. The Balaban J connectivity index is 0.00000225. The van der Waals surface area contributed by atoms with Crippen molar-refractivity contribution in [1.82, 2.24) is 24.5 Å². The van der Waals surface area contributed by atoms with E-state index in [1.807, 2.05) is 17.8 Å². The van der Waals surface area contributed by atoms with Crippen LogP contribution in [0.2, 0.25) is 0 Å². The van der Waals surface area contributed by atoms with E-state index in [0.717, 1.165) is 18.7 Å². The van der Waals surface area contributed by atoms with Crippen LogP contribution in [0.3, 0.4) is 0 Å². The predicted molar refractivity (Wildman–Crippen MR) is 107 cm³/mol. The predicted octanol–water partition coefficient (Wildman–Crippen LogP) is 1.07. The molecule has 1 saturated heterocycles. The van der Waals surface area contributed by atoms with Gasteiger partial charge < -0.3 is 14.8 Å². The highest BCUT2D eigenvalue weighted by Gasteiger charge is 2.32. The van der Waals surface area contributed by atoms with Crippen LogP contribution in [0, 0.1) is 0 Å². The van der Waals surface area contributed by atoms with Crippen molar-refractivity contribution in [2.45, 2.75) is 29.8 Å². The first-order valence-corrected chi connectivity index (χ1v) is 10.6. The zero-order valence-electron chi connectivity index (χ0n) is 15.5. The van der Waals surface area contributed by atoms with E-state index in [-0.39, 0.29) is 35.3 Å². The monoisotopic (exact) mass is 425 g/mol. The fraction of sp³-hybridized carbons (Fsp3) is 0.444. The summed E-state index contributed by atoms with van der Waals surface area (Å²) in [5.41, 5.74) is 0.370. The Kier molecular flexibility index (Phi) is 6.09. The molecule has 152 valence electrons. The Morgan fingerprint density at radius 2 is 2.11 bits per heavy atom. The van der Waals surface area contributed by atoms with Gasteiger partial charge in [-0.3, -0.25) is 4.79 Å². The van der Waals surface area contributed by atoms with Crippen LogP contribution in [0.25, 0.3) is 0 Å². The summed E-state index contributed by atoms with van der Waals surface area (Å²) >= 11 is 0. The van der Waals surface area contributed by atoms with E-state index in [2.05, 4.69) is 15.0 Å². The van der Waals surface area contributed by atoms with Gasteiger partial charge in [0.25, 0.3) is 5.91 Å². The van der Waals surface area contributed by atoms with E-state index >= 15 is 0 Å². The summed E-state index contributed by atoms with van der Waals surface area (Å²) in [6, 6.07) is 6.09. The zero-order chi connectivity index (χ0) is 19.0. The van der Waals surface area contributed by atoms with E-state index < -0.39 is 10.0 Å². The topological polar surface area (TPSA) is 96.3 Å². The molecule has 8 nitrogen and oxygen atoms in total. The second kappa shape index (κ2) is 8.20. The molecule has 0 spiro atoms. The van der Waals surface area contributed by atoms with Crippen molar-refractivity contribution < 1.29 is 13.2 Å². The van der Waals surface area contributed by atoms with Crippen LogP contribution in [0.15, 0.2) is 41.6 Å². The summed E-state index contributed by atoms with van der Waals surface area (Å²) < 4.78 is 29.5. The average Bonchev–Trinajstić information content (AvgIpc) is 3.37. The number of hydrogen-bond acceptors (Lipinski definition) is 5. The zero-order valence-corrected chi connectivity index (χ0v) is 17.2. The number of halogens is 1. The Morgan fingerprint density at radius 1 is 1.32 bits per heavy atom. The lowest BCUT2D eigenvalue weighted by molar-refractivity contribution is 0.0620. The van der Waals surface area contributed by atoms with E-state index in [4.69, 9.17) is 0 Å². The van der Waals surface area contributed by atoms with Gasteiger partial charge in [0, 0.05) is 50.7 Å². The highest BCUT2D eigenvalue weighted by Crippen LogP contribution is 2.25.